The lowest BCUT2D eigenvalue weighted by Gasteiger charge is -2.25. The molecule has 1 atom stereocenters. The van der Waals surface area contributed by atoms with Gasteiger partial charge < -0.3 is 10.1 Å². The maximum Gasteiger partial charge on any atom is 0.261 e. The fraction of sp³-hybridized carbons (Fsp3) is 0.429. The van der Waals surface area contributed by atoms with Gasteiger partial charge in [0.2, 0.25) is 0 Å². The second-order valence-corrected chi connectivity index (χ2v) is 4.79. The fourth-order valence-electron chi connectivity index (χ4n) is 2.52. The first-order valence-corrected chi connectivity index (χ1v) is 6.55. The highest BCUT2D eigenvalue weighted by molar-refractivity contribution is 6.21. The van der Waals surface area contributed by atoms with Crippen molar-refractivity contribution < 1.29 is 14.3 Å². The molecule has 2 amide bonds. The number of imide groups is 1. The maximum atomic E-state index is 12.1. The van der Waals surface area contributed by atoms with Crippen LogP contribution in [-0.4, -0.2) is 49.1 Å². The highest BCUT2D eigenvalue weighted by Gasteiger charge is 2.35. The first-order valence-electron chi connectivity index (χ1n) is 6.55. The average molecular weight is 260 g/mol. The minimum atomic E-state index is -0.190. The number of fused-ring (bicyclic) bond motifs is 1. The molecule has 1 saturated heterocycles. The Bertz CT molecular complexity index is 474. The van der Waals surface area contributed by atoms with Crippen molar-refractivity contribution in [2.45, 2.75) is 12.5 Å². The Morgan fingerprint density at radius 2 is 1.89 bits per heavy atom. The lowest BCUT2D eigenvalue weighted by Crippen LogP contribution is -2.41. The Morgan fingerprint density at radius 1 is 1.21 bits per heavy atom. The molecule has 0 aliphatic carbocycles. The third kappa shape index (κ3) is 2.27. The normalized spacial score (nSPS) is 22.7. The number of amides is 2. The van der Waals surface area contributed by atoms with Gasteiger partial charge in [-0.05, 0) is 18.6 Å². The third-order valence-electron chi connectivity index (χ3n) is 3.56. The van der Waals surface area contributed by atoms with Crippen LogP contribution in [0.2, 0.25) is 0 Å². The summed E-state index contributed by atoms with van der Waals surface area (Å²) in [7, 11) is 0. The molecule has 0 radical (unpaired) electrons. The molecule has 1 aromatic carbocycles. The van der Waals surface area contributed by atoms with Crippen LogP contribution in [0.3, 0.4) is 0 Å². The summed E-state index contributed by atoms with van der Waals surface area (Å²) < 4.78 is 5.57. The SMILES string of the molecule is O=C1c2ccccc2C(=O)N1CCC1CNCCO1. The highest BCUT2D eigenvalue weighted by atomic mass is 16.5. The van der Waals surface area contributed by atoms with E-state index in [1.54, 1.807) is 24.3 Å². The minimum Gasteiger partial charge on any atom is -0.376 e. The zero-order valence-electron chi connectivity index (χ0n) is 10.6. The number of rotatable bonds is 3. The van der Waals surface area contributed by atoms with E-state index in [0.717, 1.165) is 13.1 Å². The standard InChI is InChI=1S/C14H16N2O3/c17-13-11-3-1-2-4-12(11)14(18)16(13)7-5-10-9-15-6-8-19-10/h1-4,10,15H,5-9H2. The summed E-state index contributed by atoms with van der Waals surface area (Å²) in [5.41, 5.74) is 1.02. The molecule has 1 aromatic rings. The van der Waals surface area contributed by atoms with Crippen LogP contribution in [0.15, 0.2) is 24.3 Å². The van der Waals surface area contributed by atoms with Gasteiger partial charge in [-0.15, -0.1) is 0 Å². The van der Waals surface area contributed by atoms with Crippen molar-refractivity contribution in [1.82, 2.24) is 10.2 Å². The van der Waals surface area contributed by atoms with Gasteiger partial charge in [-0.25, -0.2) is 0 Å². The summed E-state index contributed by atoms with van der Waals surface area (Å²) in [4.78, 5) is 25.6. The number of ether oxygens (including phenoxy) is 1. The molecular formula is C14H16N2O3. The van der Waals surface area contributed by atoms with E-state index in [9.17, 15) is 9.59 Å². The largest absolute Gasteiger partial charge is 0.376 e. The second kappa shape index (κ2) is 5.11. The Balaban J connectivity index is 1.67. The van der Waals surface area contributed by atoms with E-state index < -0.39 is 0 Å². The summed E-state index contributed by atoms with van der Waals surface area (Å²) >= 11 is 0. The molecule has 3 rings (SSSR count). The minimum absolute atomic E-state index is 0.0815. The van der Waals surface area contributed by atoms with Crippen LogP contribution in [0.5, 0.6) is 0 Å². The second-order valence-electron chi connectivity index (χ2n) is 4.79. The van der Waals surface area contributed by atoms with Crippen LogP contribution in [-0.2, 0) is 4.74 Å². The molecule has 19 heavy (non-hydrogen) atoms. The van der Waals surface area contributed by atoms with Crippen molar-refractivity contribution in [2.24, 2.45) is 0 Å². The van der Waals surface area contributed by atoms with Crippen molar-refractivity contribution in [3.05, 3.63) is 35.4 Å². The number of carbonyl (C=O) groups excluding carboxylic acids is 2. The number of carbonyl (C=O) groups is 2. The Kier molecular flexibility index (Phi) is 3.31. The zero-order chi connectivity index (χ0) is 13.2. The van der Waals surface area contributed by atoms with Gasteiger partial charge in [0.05, 0.1) is 23.8 Å². The number of nitrogens with zero attached hydrogens (tertiary/aromatic N) is 1. The molecule has 0 spiro atoms. The summed E-state index contributed by atoms with van der Waals surface area (Å²) in [6.45, 7) is 2.75. The van der Waals surface area contributed by atoms with E-state index in [0.29, 0.717) is 30.7 Å². The number of benzene rings is 1. The van der Waals surface area contributed by atoms with E-state index in [2.05, 4.69) is 5.32 Å². The molecule has 2 heterocycles. The van der Waals surface area contributed by atoms with Crippen molar-refractivity contribution in [3.8, 4) is 0 Å². The van der Waals surface area contributed by atoms with E-state index in [1.807, 2.05) is 0 Å². The summed E-state index contributed by atoms with van der Waals surface area (Å²) in [6, 6.07) is 6.96. The topological polar surface area (TPSA) is 58.6 Å². The van der Waals surface area contributed by atoms with Gasteiger partial charge in [-0.2, -0.15) is 0 Å². The summed E-state index contributed by atoms with van der Waals surface area (Å²) in [5.74, 6) is -0.381. The van der Waals surface area contributed by atoms with Crippen molar-refractivity contribution in [3.63, 3.8) is 0 Å². The smallest absolute Gasteiger partial charge is 0.261 e. The Labute approximate surface area is 111 Å². The molecule has 0 bridgehead atoms. The summed E-state index contributed by atoms with van der Waals surface area (Å²) in [6.07, 6.45) is 0.761. The lowest BCUT2D eigenvalue weighted by atomic mass is 10.1. The first-order chi connectivity index (χ1) is 9.27. The molecule has 0 aromatic heterocycles. The fourth-order valence-corrected chi connectivity index (χ4v) is 2.52. The highest BCUT2D eigenvalue weighted by Crippen LogP contribution is 2.22. The van der Waals surface area contributed by atoms with Gasteiger partial charge in [-0.1, -0.05) is 12.1 Å². The maximum absolute atomic E-state index is 12.1. The molecule has 2 aliphatic rings. The van der Waals surface area contributed by atoms with Gasteiger partial charge >= 0.3 is 0 Å². The molecule has 0 saturated carbocycles. The van der Waals surface area contributed by atoms with Crippen LogP contribution in [0.4, 0.5) is 0 Å². The van der Waals surface area contributed by atoms with E-state index in [4.69, 9.17) is 4.74 Å². The van der Waals surface area contributed by atoms with Crippen molar-refractivity contribution in [2.75, 3.05) is 26.2 Å². The lowest BCUT2D eigenvalue weighted by molar-refractivity contribution is 0.0180. The average Bonchev–Trinajstić information content (AvgIpc) is 2.71. The quantitative estimate of drug-likeness (QED) is 0.811. The van der Waals surface area contributed by atoms with E-state index in [1.165, 1.54) is 4.90 Å². The number of nitrogens with one attached hydrogen (secondary N) is 1. The van der Waals surface area contributed by atoms with Gasteiger partial charge in [0, 0.05) is 19.6 Å². The van der Waals surface area contributed by atoms with Gasteiger partial charge in [-0.3, -0.25) is 14.5 Å². The molecule has 100 valence electrons. The van der Waals surface area contributed by atoms with Gasteiger partial charge in [0.1, 0.15) is 0 Å². The number of hydrogen-bond donors (Lipinski definition) is 1. The molecule has 1 fully saturated rings. The van der Waals surface area contributed by atoms with E-state index >= 15 is 0 Å². The molecule has 1 N–H and O–H groups in total. The summed E-state index contributed by atoms with van der Waals surface area (Å²) in [5, 5.41) is 3.24. The van der Waals surface area contributed by atoms with Crippen LogP contribution in [0, 0.1) is 0 Å². The van der Waals surface area contributed by atoms with Crippen LogP contribution < -0.4 is 5.32 Å². The monoisotopic (exact) mass is 260 g/mol. The Morgan fingerprint density at radius 3 is 2.47 bits per heavy atom. The molecule has 1 unspecified atom stereocenters. The van der Waals surface area contributed by atoms with Gasteiger partial charge in [0.25, 0.3) is 11.8 Å². The molecule has 5 heteroatoms. The third-order valence-corrected chi connectivity index (χ3v) is 3.56. The number of morpholine rings is 1. The van der Waals surface area contributed by atoms with Crippen LogP contribution >= 0.6 is 0 Å². The predicted octanol–water partition coefficient (Wildman–Crippen LogP) is 0.661. The molecular weight excluding hydrogens is 244 g/mol. The molecule has 5 nitrogen and oxygen atoms in total. The van der Waals surface area contributed by atoms with Crippen molar-refractivity contribution in [1.29, 1.82) is 0 Å². The van der Waals surface area contributed by atoms with Crippen LogP contribution in [0.1, 0.15) is 27.1 Å². The molecule has 2 aliphatic heterocycles. The van der Waals surface area contributed by atoms with Crippen LogP contribution in [0.25, 0.3) is 0 Å². The van der Waals surface area contributed by atoms with Gasteiger partial charge in [0.15, 0.2) is 0 Å². The van der Waals surface area contributed by atoms with Crippen molar-refractivity contribution >= 4 is 11.8 Å². The predicted molar refractivity (Wildman–Crippen MR) is 69.0 cm³/mol. The Hall–Kier alpha value is -1.72. The first kappa shape index (κ1) is 12.3. The zero-order valence-corrected chi connectivity index (χ0v) is 10.6. The van der Waals surface area contributed by atoms with E-state index in [-0.39, 0.29) is 17.9 Å². The number of hydrogen-bond acceptors (Lipinski definition) is 4.